The zero-order chi connectivity index (χ0) is 4.12. The van der Waals surface area contributed by atoms with Gasteiger partial charge in [-0.3, -0.25) is 0 Å². The number of allylic oxidation sites excluding steroid dienone is 1. The molecule has 0 aromatic carbocycles. The summed E-state index contributed by atoms with van der Waals surface area (Å²) in [4.78, 5) is 0. The Bertz CT molecular complexity index is 48.9. The zero-order valence-corrected chi connectivity index (χ0v) is 4.97. The van der Waals surface area contributed by atoms with Crippen LogP contribution in [-0.4, -0.2) is 10.7 Å². The van der Waals surface area contributed by atoms with Gasteiger partial charge in [0.25, 0.3) is 0 Å². The van der Waals surface area contributed by atoms with Crippen molar-refractivity contribution in [1.82, 2.24) is 0 Å². The quantitative estimate of drug-likeness (QED) is 0.415. The molecule has 0 aliphatic rings. The molecular weight excluding hydrogens is 174 g/mol. The summed E-state index contributed by atoms with van der Waals surface area (Å²) in [7, 11) is 0. The van der Waals surface area contributed by atoms with Crippen LogP contribution >= 0.6 is 22.4 Å². The van der Waals surface area contributed by atoms with E-state index in [2.05, 4.69) is 29.0 Å². The average Bonchev–Trinajstić information content (AvgIpc) is 1.41. The van der Waals surface area contributed by atoms with Crippen molar-refractivity contribution in [3.8, 4) is 0 Å². The average molecular weight is 178 g/mol. The second-order valence-electron chi connectivity index (χ2n) is 0.554. The van der Waals surface area contributed by atoms with Gasteiger partial charge in [-0.25, -0.2) is 0 Å². The van der Waals surface area contributed by atoms with Gasteiger partial charge < -0.3 is 0 Å². The summed E-state index contributed by atoms with van der Waals surface area (Å²) in [5.74, 6) is 1.88. The van der Waals surface area contributed by atoms with Crippen molar-refractivity contribution in [2.24, 2.45) is 0 Å². The van der Waals surface area contributed by atoms with Gasteiger partial charge in [-0.2, -0.15) is 0 Å². The number of hydrogen-bond donors (Lipinski definition) is 0. The molecule has 0 aliphatic heterocycles. The van der Waals surface area contributed by atoms with Crippen LogP contribution in [0, 0.1) is 0 Å². The van der Waals surface area contributed by atoms with Crippen molar-refractivity contribution in [3.63, 3.8) is 0 Å². The van der Waals surface area contributed by atoms with E-state index in [-0.39, 0.29) is 0 Å². The van der Waals surface area contributed by atoms with Gasteiger partial charge in [-0.1, -0.05) is 0 Å². The third kappa shape index (κ3) is 4.40. The Morgan fingerprint density at radius 2 is 2.40 bits per heavy atom. The van der Waals surface area contributed by atoms with E-state index in [1.54, 1.807) is 6.08 Å². The van der Waals surface area contributed by atoms with Crippen LogP contribution in [0.3, 0.4) is 0 Å². The normalized spacial score (nSPS) is 7.40. The Labute approximate surface area is 46.0 Å². The summed E-state index contributed by atoms with van der Waals surface area (Å²) in [5.41, 5.74) is 0. The Morgan fingerprint density at radius 1 is 1.80 bits per heavy atom. The fraction of sp³-hybridized carbons (Fsp3) is 0. The Balaban J connectivity index is 2.92. The van der Waals surface area contributed by atoms with Crippen LogP contribution in [0.1, 0.15) is 0 Å². The summed E-state index contributed by atoms with van der Waals surface area (Å²) >= 11 is 2.14. The molecule has 0 atom stereocenters. The molecule has 5 heavy (non-hydrogen) atoms. The van der Waals surface area contributed by atoms with E-state index in [9.17, 15) is 0 Å². The molecule has 0 aliphatic carbocycles. The number of halogens is 1. The van der Waals surface area contributed by atoms with E-state index in [1.807, 2.05) is 10.7 Å². The third-order valence-corrected chi connectivity index (χ3v) is 0.624. The van der Waals surface area contributed by atoms with Gasteiger partial charge in [-0.15, -0.1) is 0 Å². The first-order valence-electron chi connectivity index (χ1n) is 1.29. The minimum atomic E-state index is 1.74. The van der Waals surface area contributed by atoms with Crippen molar-refractivity contribution >= 4 is 33.1 Å². The zero-order valence-electron chi connectivity index (χ0n) is 2.82. The van der Waals surface area contributed by atoms with E-state index >= 15 is 0 Å². The SMILES string of the molecule is C=CC=BI. The van der Waals surface area contributed by atoms with Crippen LogP contribution in [0.15, 0.2) is 12.7 Å². The molecule has 0 aromatic rings. The van der Waals surface area contributed by atoms with Gasteiger partial charge in [0.2, 0.25) is 0 Å². The van der Waals surface area contributed by atoms with Crippen LogP contribution in [-0.2, 0) is 0 Å². The number of hydrogen-bond acceptors (Lipinski definition) is 0. The van der Waals surface area contributed by atoms with Gasteiger partial charge in [0.05, 0.1) is 0 Å². The van der Waals surface area contributed by atoms with Crippen LogP contribution in [0.2, 0.25) is 0 Å². The molecule has 0 amide bonds. The van der Waals surface area contributed by atoms with E-state index in [1.165, 1.54) is 0 Å². The molecule has 2 heteroatoms. The van der Waals surface area contributed by atoms with Crippen LogP contribution in [0.25, 0.3) is 0 Å². The third-order valence-electron chi connectivity index (χ3n) is 0.209. The van der Waals surface area contributed by atoms with Crippen LogP contribution in [0.5, 0.6) is 0 Å². The first-order valence-corrected chi connectivity index (χ1v) is 2.54. The van der Waals surface area contributed by atoms with Gasteiger partial charge in [0.15, 0.2) is 0 Å². The van der Waals surface area contributed by atoms with Crippen molar-refractivity contribution in [2.45, 2.75) is 0 Å². The molecule has 0 spiro atoms. The van der Waals surface area contributed by atoms with E-state index < -0.39 is 0 Å². The van der Waals surface area contributed by atoms with Crippen molar-refractivity contribution in [2.75, 3.05) is 0 Å². The van der Waals surface area contributed by atoms with Crippen molar-refractivity contribution in [3.05, 3.63) is 12.7 Å². The molecule has 0 aromatic heterocycles. The monoisotopic (exact) mass is 178 g/mol. The predicted octanol–water partition coefficient (Wildman–Crippen LogP) is 1.03. The first-order chi connectivity index (χ1) is 2.41. The molecule has 0 heterocycles. The van der Waals surface area contributed by atoms with E-state index in [4.69, 9.17) is 0 Å². The molecular formula is C3H4BI. The molecule has 0 saturated carbocycles. The Kier molecular flexibility index (Phi) is 4.76. The van der Waals surface area contributed by atoms with Crippen molar-refractivity contribution in [1.29, 1.82) is 0 Å². The Hall–Kier alpha value is 0.405. The second kappa shape index (κ2) is 4.40. The summed E-state index contributed by atoms with van der Waals surface area (Å²) < 4.78 is 1.91. The standard InChI is InChI=1S/C3H4BI/c1-2-3-4-5/h2-3H,1H2. The van der Waals surface area contributed by atoms with Crippen LogP contribution < -0.4 is 0 Å². The summed E-state index contributed by atoms with van der Waals surface area (Å²) in [6.07, 6.45) is 1.74. The summed E-state index contributed by atoms with van der Waals surface area (Å²) in [6, 6.07) is 0. The first kappa shape index (κ1) is 5.40. The molecule has 0 fully saturated rings. The molecule has 0 rings (SSSR count). The van der Waals surface area contributed by atoms with Gasteiger partial charge in [0, 0.05) is 0 Å². The minimum absolute atomic E-state index is 1.74. The molecule has 26 valence electrons. The van der Waals surface area contributed by atoms with Gasteiger partial charge >= 0.3 is 45.8 Å². The van der Waals surface area contributed by atoms with E-state index in [0.717, 1.165) is 0 Å². The fourth-order valence-corrected chi connectivity index (χ4v) is 0.345. The summed E-state index contributed by atoms with van der Waals surface area (Å²) in [5, 5.41) is 0. The molecule has 0 radical (unpaired) electrons. The molecule has 0 bridgehead atoms. The molecule has 0 N–H and O–H groups in total. The van der Waals surface area contributed by atoms with Crippen LogP contribution in [0.4, 0.5) is 0 Å². The Morgan fingerprint density at radius 3 is 2.40 bits per heavy atom. The molecule has 0 nitrogen and oxygen atoms in total. The van der Waals surface area contributed by atoms with Gasteiger partial charge in [0.1, 0.15) is 0 Å². The topological polar surface area (TPSA) is 0 Å². The molecule has 0 unspecified atom stereocenters. The van der Waals surface area contributed by atoms with E-state index in [0.29, 0.717) is 0 Å². The van der Waals surface area contributed by atoms with Gasteiger partial charge in [-0.05, 0) is 0 Å². The van der Waals surface area contributed by atoms with Crippen molar-refractivity contribution < 1.29 is 0 Å². The number of rotatable bonds is 1. The maximum atomic E-state index is 3.46. The predicted molar refractivity (Wildman–Crippen MR) is 36.0 cm³/mol. The maximum absolute atomic E-state index is 3.46. The molecule has 0 saturated heterocycles. The fourth-order valence-electron chi connectivity index (χ4n) is 0.0514. The second-order valence-corrected chi connectivity index (χ2v) is 1.27. The summed E-state index contributed by atoms with van der Waals surface area (Å²) in [6.45, 7) is 3.46.